The van der Waals surface area contributed by atoms with Gasteiger partial charge in [0, 0.05) is 16.5 Å². The molecule has 0 aliphatic carbocycles. The van der Waals surface area contributed by atoms with E-state index in [1.165, 1.54) is 5.30 Å². The number of rotatable bonds is 1. The van der Waals surface area contributed by atoms with Gasteiger partial charge in [-0.15, -0.1) is 13.2 Å². The Morgan fingerprint density at radius 1 is 0.857 bits per heavy atom. The Balaban J connectivity index is 0.000000246. The van der Waals surface area contributed by atoms with Crippen LogP contribution in [0.4, 0.5) is 0 Å². The molecule has 0 bridgehead atoms. The van der Waals surface area contributed by atoms with Crippen LogP contribution in [-0.2, 0) is 16.5 Å². The smallest absolute Gasteiger partial charge is 0 e. The van der Waals surface area contributed by atoms with Gasteiger partial charge in [-0.1, -0.05) is 13.3 Å². The summed E-state index contributed by atoms with van der Waals surface area (Å²) < 4.78 is 0. The van der Waals surface area contributed by atoms with Crippen LogP contribution in [0, 0.1) is 0 Å². The van der Waals surface area contributed by atoms with E-state index in [-0.39, 0.29) is 24.4 Å². The summed E-state index contributed by atoms with van der Waals surface area (Å²) in [7, 11) is 0.141. The summed E-state index contributed by atoms with van der Waals surface area (Å²) in [6, 6.07) is 18.6. The van der Waals surface area contributed by atoms with E-state index in [9.17, 15) is 0 Å². The van der Waals surface area contributed by atoms with Gasteiger partial charge in [-0.3, -0.25) is 0 Å². The first-order valence-electron chi connectivity index (χ1n) is 4.36. The van der Waals surface area contributed by atoms with Crippen LogP contribution in [0.5, 0.6) is 0 Å². The van der Waals surface area contributed by atoms with Gasteiger partial charge in [-0.2, -0.15) is 12.1 Å². The van der Waals surface area contributed by atoms with Gasteiger partial charge in [-0.25, -0.2) is 12.1 Å². The Morgan fingerprint density at radius 2 is 1.21 bits per heavy atom. The second-order valence-corrected chi connectivity index (χ2v) is 5.31. The molecule has 14 heavy (non-hydrogen) atoms. The zero-order valence-corrected chi connectivity index (χ0v) is 10.3. The Morgan fingerprint density at radius 3 is 1.43 bits per heavy atom. The minimum absolute atomic E-state index is 0. The monoisotopic (exact) mass is 248 g/mol. The van der Waals surface area contributed by atoms with Crippen molar-refractivity contribution in [3.63, 3.8) is 0 Å². The largest absolute Gasteiger partial charge is 0.748 e. The van der Waals surface area contributed by atoms with Crippen molar-refractivity contribution in [3.8, 4) is 0 Å². The van der Waals surface area contributed by atoms with Gasteiger partial charge in [0.2, 0.25) is 0 Å². The van der Waals surface area contributed by atoms with E-state index in [2.05, 4.69) is 37.6 Å². The van der Waals surface area contributed by atoms with Crippen molar-refractivity contribution in [3.05, 3.63) is 54.6 Å². The van der Waals surface area contributed by atoms with Crippen LogP contribution < -0.4 is 5.30 Å². The maximum absolute atomic E-state index is 2.27. The Kier molecular flexibility index (Phi) is 7.76. The molecule has 2 heteroatoms. The standard InChI is InChI=1S/C7H10P.C5H5.Ni/c1-8(2)7-5-3-4-6-7;1-2-4-5-3-1;/h3-6H,1-2H3;1-5H;/q-1;-5;. The minimum Gasteiger partial charge on any atom is -0.748 e. The Hall–Kier alpha value is -0.376. The summed E-state index contributed by atoms with van der Waals surface area (Å²) >= 11 is 0. The molecule has 0 aliphatic rings. The van der Waals surface area contributed by atoms with Crippen LogP contribution in [0.1, 0.15) is 0 Å². The molecule has 0 aliphatic heterocycles. The topological polar surface area (TPSA) is 0 Å². The third-order valence-electron chi connectivity index (χ3n) is 1.72. The Labute approximate surface area is 97.7 Å². The summed E-state index contributed by atoms with van der Waals surface area (Å²) in [5.41, 5.74) is 0. The van der Waals surface area contributed by atoms with E-state index >= 15 is 0 Å². The molecule has 2 aromatic carbocycles. The molecular formula is C12H15NiP-6. The van der Waals surface area contributed by atoms with E-state index in [4.69, 9.17) is 0 Å². The average molecular weight is 249 g/mol. The van der Waals surface area contributed by atoms with Crippen molar-refractivity contribution in [2.24, 2.45) is 0 Å². The van der Waals surface area contributed by atoms with Gasteiger partial charge < -0.3 is 30.3 Å². The van der Waals surface area contributed by atoms with Crippen molar-refractivity contribution in [1.82, 2.24) is 0 Å². The van der Waals surface area contributed by atoms with Crippen LogP contribution >= 0.6 is 7.92 Å². The molecule has 0 saturated heterocycles. The summed E-state index contributed by atoms with van der Waals surface area (Å²) in [5.74, 6) is 0. The first-order valence-corrected chi connectivity index (χ1v) is 6.60. The second-order valence-electron chi connectivity index (χ2n) is 3.00. The fourth-order valence-corrected chi connectivity index (χ4v) is 1.75. The van der Waals surface area contributed by atoms with E-state index in [1.54, 1.807) is 0 Å². The number of hydrogen-bond acceptors (Lipinski definition) is 0. The molecule has 0 atom stereocenters. The van der Waals surface area contributed by atoms with Crippen molar-refractivity contribution in [2.45, 2.75) is 0 Å². The maximum atomic E-state index is 2.27. The van der Waals surface area contributed by atoms with Crippen LogP contribution in [0.3, 0.4) is 0 Å². The molecule has 2 rings (SSSR count). The van der Waals surface area contributed by atoms with Crippen LogP contribution in [0.25, 0.3) is 0 Å². The fraction of sp³-hybridized carbons (Fsp3) is 0.167. The molecule has 0 saturated carbocycles. The number of hydrogen-bond donors (Lipinski definition) is 0. The van der Waals surface area contributed by atoms with E-state index in [1.807, 2.05) is 30.3 Å². The minimum atomic E-state index is 0. The zero-order chi connectivity index (χ0) is 9.52. The fourth-order valence-electron chi connectivity index (χ4n) is 0.983. The third-order valence-corrected chi connectivity index (χ3v) is 3.05. The SMILES string of the molecule is CP(C)[c-]1cccc1.[Ni].[cH-]1[cH-][cH-][cH-][cH-]1. The zero-order valence-electron chi connectivity index (χ0n) is 8.46. The molecule has 0 aromatic heterocycles. The third kappa shape index (κ3) is 5.37. The summed E-state index contributed by atoms with van der Waals surface area (Å²) in [4.78, 5) is 0. The summed E-state index contributed by atoms with van der Waals surface area (Å²) in [6.07, 6.45) is 0. The first-order chi connectivity index (χ1) is 6.30. The first kappa shape index (κ1) is 13.6. The molecular weight excluding hydrogens is 234 g/mol. The van der Waals surface area contributed by atoms with Crippen LogP contribution in [0.15, 0.2) is 54.6 Å². The van der Waals surface area contributed by atoms with Gasteiger partial charge in [-0.05, 0) is 0 Å². The molecule has 2 aromatic rings. The quantitative estimate of drug-likeness (QED) is 0.413. The Bertz CT molecular complexity index is 265. The molecule has 0 fully saturated rings. The average Bonchev–Trinajstić information content (AvgIpc) is 2.82. The predicted octanol–water partition coefficient (Wildman–Crippen LogP) is 3.18. The van der Waals surface area contributed by atoms with Gasteiger partial charge in [0.1, 0.15) is 0 Å². The van der Waals surface area contributed by atoms with Crippen LogP contribution in [0.2, 0.25) is 0 Å². The molecule has 0 N–H and O–H groups in total. The molecule has 0 radical (unpaired) electrons. The summed E-state index contributed by atoms with van der Waals surface area (Å²) in [6.45, 7) is 4.54. The second kappa shape index (κ2) is 7.98. The molecule has 0 spiro atoms. The van der Waals surface area contributed by atoms with Gasteiger partial charge in [0.25, 0.3) is 0 Å². The molecule has 0 unspecified atom stereocenters. The summed E-state index contributed by atoms with van der Waals surface area (Å²) in [5, 5.41) is 1.50. The predicted molar refractivity (Wildman–Crippen MR) is 62.5 cm³/mol. The van der Waals surface area contributed by atoms with E-state index < -0.39 is 0 Å². The van der Waals surface area contributed by atoms with Crippen LogP contribution in [-0.4, -0.2) is 13.3 Å². The molecule has 84 valence electrons. The van der Waals surface area contributed by atoms with E-state index in [0.29, 0.717) is 0 Å². The maximum Gasteiger partial charge on any atom is 0 e. The van der Waals surface area contributed by atoms with Crippen molar-refractivity contribution >= 4 is 13.2 Å². The van der Waals surface area contributed by atoms with Crippen molar-refractivity contribution < 1.29 is 16.5 Å². The molecule has 0 amide bonds. The van der Waals surface area contributed by atoms with Crippen molar-refractivity contribution in [2.75, 3.05) is 13.3 Å². The van der Waals surface area contributed by atoms with Gasteiger partial charge >= 0.3 is 0 Å². The van der Waals surface area contributed by atoms with E-state index in [0.717, 1.165) is 0 Å². The van der Waals surface area contributed by atoms with Gasteiger partial charge in [0.05, 0.1) is 0 Å². The molecule has 0 heterocycles. The molecule has 0 nitrogen and oxygen atoms in total. The normalized spacial score (nSPS) is 8.79. The van der Waals surface area contributed by atoms with Gasteiger partial charge in [0.15, 0.2) is 0 Å². The van der Waals surface area contributed by atoms with Crippen molar-refractivity contribution in [1.29, 1.82) is 0 Å².